The second-order valence-corrected chi connectivity index (χ2v) is 7.92. The highest BCUT2D eigenvalue weighted by Gasteiger charge is 2.39. The van der Waals surface area contributed by atoms with Gasteiger partial charge in [0.2, 0.25) is 0 Å². The molecule has 35 heavy (non-hydrogen) atoms. The van der Waals surface area contributed by atoms with Gasteiger partial charge in [-0.1, -0.05) is 6.07 Å². The fourth-order valence-electron chi connectivity index (χ4n) is 3.83. The number of nitrogens with zero attached hydrogens (tertiary/aromatic N) is 3. The van der Waals surface area contributed by atoms with Gasteiger partial charge in [-0.15, -0.1) is 0 Å². The van der Waals surface area contributed by atoms with E-state index in [4.69, 9.17) is 20.9 Å². The molecule has 12 heteroatoms. The molecule has 6 N–H and O–H groups in total. The van der Waals surface area contributed by atoms with Gasteiger partial charge in [-0.3, -0.25) is 14.4 Å². The number of carbonyl (C=O) groups excluding carboxylic acids is 3. The highest BCUT2D eigenvalue weighted by atomic mass is 16.5. The Morgan fingerprint density at radius 2 is 1.74 bits per heavy atom. The Kier molecular flexibility index (Phi) is 7.25. The number of ether oxygens (including phenoxy) is 2. The fraction of sp³-hybridized carbons (Fsp3) is 0.304. The number of rotatable bonds is 6. The lowest BCUT2D eigenvalue weighted by atomic mass is 10.1. The van der Waals surface area contributed by atoms with Crippen molar-refractivity contribution < 1.29 is 29.0 Å². The molecule has 0 aromatic heterocycles. The second-order valence-electron chi connectivity index (χ2n) is 7.92. The summed E-state index contributed by atoms with van der Waals surface area (Å²) in [7, 11) is 0. The molecule has 2 unspecified atom stereocenters. The standard InChI is InChI=1S/C23H26N6O6/c24-23(25)27-15-6-4-14(5-7-15)26-21(32)19(31)20-22(33)29(9-11-35-20)17-3-1-2-16(12-17)28-8-10-34-13-18(28)30/h1-7,12,19-20,31H,8-11,13H2,(H,26,32)(H4,24,25,27). The molecule has 2 fully saturated rings. The molecule has 2 atom stereocenters. The Morgan fingerprint density at radius 1 is 1.06 bits per heavy atom. The van der Waals surface area contributed by atoms with Crippen LogP contribution in [0.1, 0.15) is 0 Å². The summed E-state index contributed by atoms with van der Waals surface area (Å²) < 4.78 is 10.6. The van der Waals surface area contributed by atoms with Crippen molar-refractivity contribution in [2.75, 3.05) is 48.0 Å². The molecule has 0 aliphatic carbocycles. The van der Waals surface area contributed by atoms with E-state index in [-0.39, 0.29) is 31.6 Å². The molecule has 3 amide bonds. The number of amides is 3. The van der Waals surface area contributed by atoms with E-state index in [9.17, 15) is 19.5 Å². The summed E-state index contributed by atoms with van der Waals surface area (Å²) in [5.74, 6) is -1.63. The van der Waals surface area contributed by atoms with Crippen LogP contribution < -0.4 is 26.6 Å². The van der Waals surface area contributed by atoms with Gasteiger partial charge < -0.3 is 41.2 Å². The normalized spacial score (nSPS) is 19.3. The van der Waals surface area contributed by atoms with Gasteiger partial charge in [0.05, 0.1) is 18.9 Å². The van der Waals surface area contributed by atoms with Crippen LogP contribution in [0.4, 0.5) is 22.7 Å². The van der Waals surface area contributed by atoms with Gasteiger partial charge in [0.25, 0.3) is 17.7 Å². The molecule has 0 saturated carbocycles. The molecule has 2 aliphatic rings. The van der Waals surface area contributed by atoms with Crippen molar-refractivity contribution in [2.45, 2.75) is 12.2 Å². The Labute approximate surface area is 201 Å². The van der Waals surface area contributed by atoms with Crippen molar-refractivity contribution in [3.05, 3.63) is 48.5 Å². The number of nitrogens with one attached hydrogen (secondary N) is 1. The average molecular weight is 482 g/mol. The smallest absolute Gasteiger partial charge is 0.259 e. The third kappa shape index (κ3) is 5.57. The average Bonchev–Trinajstić information content (AvgIpc) is 2.85. The lowest BCUT2D eigenvalue weighted by molar-refractivity contribution is -0.150. The molecule has 12 nitrogen and oxygen atoms in total. The molecule has 0 radical (unpaired) electrons. The number of carbonyl (C=O) groups is 3. The zero-order chi connectivity index (χ0) is 24.9. The highest BCUT2D eigenvalue weighted by molar-refractivity contribution is 6.04. The molecule has 2 aromatic carbocycles. The largest absolute Gasteiger partial charge is 0.380 e. The number of nitrogens with two attached hydrogens (primary N) is 2. The van der Waals surface area contributed by atoms with Gasteiger partial charge in [-0.2, -0.15) is 0 Å². The third-order valence-electron chi connectivity index (χ3n) is 5.51. The van der Waals surface area contributed by atoms with E-state index in [0.717, 1.165) is 0 Å². The Hall–Kier alpha value is -4.00. The van der Waals surface area contributed by atoms with Crippen molar-refractivity contribution >= 4 is 46.4 Å². The number of hydrogen-bond donors (Lipinski definition) is 4. The van der Waals surface area contributed by atoms with Crippen molar-refractivity contribution in [3.63, 3.8) is 0 Å². The Bertz CT molecular complexity index is 1130. The second kappa shape index (κ2) is 10.5. The van der Waals surface area contributed by atoms with Crippen molar-refractivity contribution in [1.82, 2.24) is 0 Å². The van der Waals surface area contributed by atoms with Crippen LogP contribution in [0.25, 0.3) is 0 Å². The van der Waals surface area contributed by atoms with E-state index >= 15 is 0 Å². The number of aliphatic hydroxyl groups is 1. The summed E-state index contributed by atoms with van der Waals surface area (Å²) in [5.41, 5.74) is 12.7. The van der Waals surface area contributed by atoms with Crippen LogP contribution in [0.15, 0.2) is 53.5 Å². The van der Waals surface area contributed by atoms with E-state index < -0.39 is 24.0 Å². The number of morpholine rings is 2. The van der Waals surface area contributed by atoms with Crippen molar-refractivity contribution in [3.8, 4) is 0 Å². The molecule has 4 rings (SSSR count). The number of aliphatic hydroxyl groups excluding tert-OH is 1. The zero-order valence-corrected chi connectivity index (χ0v) is 18.8. The maximum atomic E-state index is 13.1. The van der Waals surface area contributed by atoms with E-state index in [0.29, 0.717) is 35.9 Å². The maximum Gasteiger partial charge on any atom is 0.259 e. The lowest BCUT2D eigenvalue weighted by Gasteiger charge is -2.35. The molecule has 2 aromatic rings. The lowest BCUT2D eigenvalue weighted by Crippen LogP contribution is -2.55. The number of aliphatic imine (C=N–C) groups is 1. The predicted molar refractivity (Wildman–Crippen MR) is 128 cm³/mol. The number of guanidine groups is 1. The molecular formula is C23H26N6O6. The first-order valence-corrected chi connectivity index (χ1v) is 10.9. The molecule has 0 spiro atoms. The summed E-state index contributed by atoms with van der Waals surface area (Å²) in [6, 6.07) is 13.2. The number of anilines is 3. The van der Waals surface area contributed by atoms with Crippen LogP contribution in [0.3, 0.4) is 0 Å². The summed E-state index contributed by atoms with van der Waals surface area (Å²) in [6.07, 6.45) is -3.13. The van der Waals surface area contributed by atoms with Crippen LogP contribution in [-0.2, 0) is 23.9 Å². The van der Waals surface area contributed by atoms with Crippen LogP contribution >= 0.6 is 0 Å². The maximum absolute atomic E-state index is 13.1. The topological polar surface area (TPSA) is 173 Å². The summed E-state index contributed by atoms with van der Waals surface area (Å²) in [5, 5.41) is 13.1. The first-order chi connectivity index (χ1) is 16.8. The number of benzene rings is 2. The quantitative estimate of drug-likeness (QED) is 0.320. The van der Waals surface area contributed by atoms with Crippen molar-refractivity contribution in [1.29, 1.82) is 0 Å². The van der Waals surface area contributed by atoms with Gasteiger partial charge in [0, 0.05) is 30.2 Å². The molecule has 2 saturated heterocycles. The van der Waals surface area contributed by atoms with Gasteiger partial charge in [-0.05, 0) is 42.5 Å². The van der Waals surface area contributed by atoms with Gasteiger partial charge in [-0.25, -0.2) is 4.99 Å². The highest BCUT2D eigenvalue weighted by Crippen LogP contribution is 2.27. The van der Waals surface area contributed by atoms with Gasteiger partial charge in [0.15, 0.2) is 18.2 Å². The molecular weight excluding hydrogens is 456 g/mol. The van der Waals surface area contributed by atoms with Crippen LogP contribution in [0.5, 0.6) is 0 Å². The third-order valence-corrected chi connectivity index (χ3v) is 5.51. The van der Waals surface area contributed by atoms with Gasteiger partial charge in [0.1, 0.15) is 6.61 Å². The zero-order valence-electron chi connectivity index (χ0n) is 18.8. The molecule has 2 aliphatic heterocycles. The van der Waals surface area contributed by atoms with Crippen LogP contribution in [-0.4, -0.2) is 73.9 Å². The van der Waals surface area contributed by atoms with Gasteiger partial charge >= 0.3 is 0 Å². The summed E-state index contributed by atoms with van der Waals surface area (Å²) in [4.78, 5) is 44.9. The first kappa shape index (κ1) is 24.1. The monoisotopic (exact) mass is 482 g/mol. The molecule has 184 valence electrons. The van der Waals surface area contributed by atoms with E-state index in [1.54, 1.807) is 53.4 Å². The minimum Gasteiger partial charge on any atom is -0.380 e. The van der Waals surface area contributed by atoms with E-state index in [2.05, 4.69) is 10.3 Å². The summed E-state index contributed by atoms with van der Waals surface area (Å²) >= 11 is 0. The van der Waals surface area contributed by atoms with E-state index in [1.807, 2.05) is 0 Å². The fourth-order valence-corrected chi connectivity index (χ4v) is 3.83. The molecule has 2 heterocycles. The van der Waals surface area contributed by atoms with Crippen LogP contribution in [0.2, 0.25) is 0 Å². The minimum absolute atomic E-state index is 0.00110. The van der Waals surface area contributed by atoms with Crippen molar-refractivity contribution in [2.24, 2.45) is 16.5 Å². The van der Waals surface area contributed by atoms with E-state index in [1.165, 1.54) is 4.90 Å². The first-order valence-electron chi connectivity index (χ1n) is 10.9. The molecule has 0 bridgehead atoms. The Morgan fingerprint density at radius 3 is 2.43 bits per heavy atom. The number of hydrogen-bond acceptors (Lipinski definition) is 7. The SMILES string of the molecule is NC(N)=Nc1ccc(NC(=O)C(O)C2OCCN(c3cccc(N4CCOCC4=O)c3)C2=O)cc1. The summed E-state index contributed by atoms with van der Waals surface area (Å²) in [6.45, 7) is 1.19. The minimum atomic E-state index is -1.74. The predicted octanol–water partition coefficient (Wildman–Crippen LogP) is -0.314. The van der Waals surface area contributed by atoms with Crippen LogP contribution in [0, 0.1) is 0 Å². The Balaban J connectivity index is 1.45.